The Morgan fingerprint density at radius 3 is 2.56 bits per heavy atom. The molecule has 0 spiro atoms. The predicted octanol–water partition coefficient (Wildman–Crippen LogP) is 4.07. The first-order chi connectivity index (χ1) is 8.45. The van der Waals surface area contributed by atoms with E-state index in [0.717, 1.165) is 0 Å². The predicted molar refractivity (Wildman–Crippen MR) is 73.1 cm³/mol. The van der Waals surface area contributed by atoms with Crippen molar-refractivity contribution >= 4 is 29.0 Å². The third kappa shape index (κ3) is 3.93. The number of rotatable bonds is 5. The molecule has 0 aromatic heterocycles. The van der Waals surface area contributed by atoms with Crippen LogP contribution in [0.1, 0.15) is 24.2 Å². The second-order valence-corrected chi connectivity index (χ2v) is 4.65. The molecular formula is C13H14Cl2O3. The van der Waals surface area contributed by atoms with Crippen molar-refractivity contribution in [2.45, 2.75) is 13.8 Å². The Hall–Kier alpha value is -1.19. The molecule has 0 bridgehead atoms. The highest BCUT2D eigenvalue weighted by atomic mass is 35.5. The van der Waals surface area contributed by atoms with Gasteiger partial charge in [-0.3, -0.25) is 4.79 Å². The summed E-state index contributed by atoms with van der Waals surface area (Å²) in [6, 6.07) is 3.20. The number of carbonyl (C=O) groups excluding carboxylic acids is 1. The summed E-state index contributed by atoms with van der Waals surface area (Å²) in [6.45, 7) is 3.52. The average molecular weight is 289 g/mol. The van der Waals surface area contributed by atoms with Crippen LogP contribution >= 0.6 is 23.2 Å². The molecule has 0 aliphatic rings. The lowest BCUT2D eigenvalue weighted by molar-refractivity contribution is 0.101. The number of hydrogen-bond acceptors (Lipinski definition) is 3. The highest BCUT2D eigenvalue weighted by Crippen LogP contribution is 2.33. The second-order valence-electron chi connectivity index (χ2n) is 3.64. The summed E-state index contributed by atoms with van der Waals surface area (Å²) >= 11 is 11.7. The minimum Gasteiger partial charge on any atom is -0.494 e. The lowest BCUT2D eigenvalue weighted by Crippen LogP contribution is -2.01. The van der Waals surface area contributed by atoms with Crippen molar-refractivity contribution in [3.05, 3.63) is 33.8 Å². The fourth-order valence-electron chi connectivity index (χ4n) is 1.37. The second kappa shape index (κ2) is 6.66. The van der Waals surface area contributed by atoms with Crippen molar-refractivity contribution < 1.29 is 14.3 Å². The normalized spacial score (nSPS) is 11.3. The molecule has 3 nitrogen and oxygen atoms in total. The van der Waals surface area contributed by atoms with Crippen LogP contribution in [0.5, 0.6) is 11.5 Å². The van der Waals surface area contributed by atoms with Gasteiger partial charge in [-0.15, -0.1) is 0 Å². The number of allylic oxidation sites excluding steroid dienone is 1. The number of hydrogen-bond donors (Lipinski definition) is 0. The van der Waals surface area contributed by atoms with Gasteiger partial charge in [0.05, 0.1) is 17.7 Å². The van der Waals surface area contributed by atoms with Crippen molar-refractivity contribution in [3.63, 3.8) is 0 Å². The van der Waals surface area contributed by atoms with Crippen LogP contribution in [0.3, 0.4) is 0 Å². The zero-order chi connectivity index (χ0) is 13.7. The van der Waals surface area contributed by atoms with Crippen molar-refractivity contribution in [1.29, 1.82) is 0 Å². The van der Waals surface area contributed by atoms with Crippen LogP contribution in [-0.2, 0) is 0 Å². The van der Waals surface area contributed by atoms with E-state index in [1.165, 1.54) is 14.0 Å². The van der Waals surface area contributed by atoms with E-state index < -0.39 is 0 Å². The monoisotopic (exact) mass is 288 g/mol. The van der Waals surface area contributed by atoms with Gasteiger partial charge in [0.15, 0.2) is 5.78 Å². The van der Waals surface area contributed by atoms with Crippen LogP contribution in [0.4, 0.5) is 0 Å². The molecular weight excluding hydrogens is 275 g/mol. The van der Waals surface area contributed by atoms with Gasteiger partial charge in [0.25, 0.3) is 0 Å². The van der Waals surface area contributed by atoms with Gasteiger partial charge in [-0.2, -0.15) is 0 Å². The number of ketones is 1. The van der Waals surface area contributed by atoms with Gasteiger partial charge < -0.3 is 9.47 Å². The third-order valence-corrected chi connectivity index (χ3v) is 2.65. The summed E-state index contributed by atoms with van der Waals surface area (Å²) < 4.78 is 10.5. The SMILES string of the molecule is COc1c(Cl)cc(OC/C=C(\C)Cl)cc1C(C)=O. The van der Waals surface area contributed by atoms with E-state index in [9.17, 15) is 4.79 Å². The first-order valence-electron chi connectivity index (χ1n) is 5.29. The molecule has 0 aliphatic carbocycles. The lowest BCUT2D eigenvalue weighted by Gasteiger charge is -2.11. The molecule has 0 aliphatic heterocycles. The van der Waals surface area contributed by atoms with Crippen molar-refractivity contribution in [3.8, 4) is 11.5 Å². The lowest BCUT2D eigenvalue weighted by atomic mass is 10.1. The molecule has 0 radical (unpaired) electrons. The molecule has 0 saturated heterocycles. The fraction of sp³-hybridized carbons (Fsp3) is 0.308. The van der Waals surface area contributed by atoms with Crippen LogP contribution in [0.2, 0.25) is 5.02 Å². The van der Waals surface area contributed by atoms with Crippen LogP contribution in [0.15, 0.2) is 23.2 Å². The summed E-state index contributed by atoms with van der Waals surface area (Å²) in [5.74, 6) is 0.726. The largest absolute Gasteiger partial charge is 0.494 e. The van der Waals surface area contributed by atoms with E-state index in [1.807, 2.05) is 0 Å². The molecule has 0 N–H and O–H groups in total. The molecule has 0 fully saturated rings. The number of methoxy groups -OCH3 is 1. The number of ether oxygens (including phenoxy) is 2. The molecule has 0 heterocycles. The third-order valence-electron chi connectivity index (χ3n) is 2.22. The summed E-state index contributed by atoms with van der Waals surface area (Å²) in [5.41, 5.74) is 0.395. The number of Topliss-reactive ketones (excluding diaryl/α,β-unsaturated/α-hetero) is 1. The zero-order valence-electron chi connectivity index (χ0n) is 10.4. The maximum atomic E-state index is 11.5. The molecule has 18 heavy (non-hydrogen) atoms. The quantitative estimate of drug-likeness (QED) is 0.766. The van der Waals surface area contributed by atoms with E-state index in [-0.39, 0.29) is 5.78 Å². The molecule has 1 rings (SSSR count). The Morgan fingerprint density at radius 1 is 1.39 bits per heavy atom. The highest BCUT2D eigenvalue weighted by Gasteiger charge is 2.14. The summed E-state index contributed by atoms with van der Waals surface area (Å²) in [6.07, 6.45) is 1.72. The van der Waals surface area contributed by atoms with E-state index >= 15 is 0 Å². The van der Waals surface area contributed by atoms with Crippen LogP contribution in [-0.4, -0.2) is 19.5 Å². The number of carbonyl (C=O) groups is 1. The van der Waals surface area contributed by atoms with E-state index in [4.69, 9.17) is 32.7 Å². The summed E-state index contributed by atoms with van der Waals surface area (Å²) in [4.78, 5) is 11.5. The Balaban J connectivity index is 3.02. The topological polar surface area (TPSA) is 35.5 Å². The Morgan fingerprint density at radius 2 is 2.06 bits per heavy atom. The Bertz CT molecular complexity index is 477. The average Bonchev–Trinajstić information content (AvgIpc) is 2.27. The Kier molecular flexibility index (Phi) is 5.51. The van der Waals surface area contributed by atoms with Gasteiger partial charge in [0, 0.05) is 11.1 Å². The molecule has 1 aromatic carbocycles. The van der Waals surface area contributed by atoms with Gasteiger partial charge in [0.2, 0.25) is 0 Å². The van der Waals surface area contributed by atoms with Crippen molar-refractivity contribution in [2.75, 3.05) is 13.7 Å². The molecule has 0 unspecified atom stereocenters. The molecule has 1 aromatic rings. The first kappa shape index (κ1) is 14.9. The van der Waals surface area contributed by atoms with Gasteiger partial charge in [-0.05, 0) is 26.0 Å². The number of halogens is 2. The van der Waals surface area contributed by atoms with Crippen molar-refractivity contribution in [1.82, 2.24) is 0 Å². The van der Waals surface area contributed by atoms with Crippen LogP contribution < -0.4 is 9.47 Å². The zero-order valence-corrected chi connectivity index (χ0v) is 11.9. The van der Waals surface area contributed by atoms with Crippen molar-refractivity contribution in [2.24, 2.45) is 0 Å². The van der Waals surface area contributed by atoms with Crippen LogP contribution in [0.25, 0.3) is 0 Å². The highest BCUT2D eigenvalue weighted by molar-refractivity contribution is 6.33. The van der Waals surface area contributed by atoms with Gasteiger partial charge in [-0.1, -0.05) is 23.2 Å². The maximum Gasteiger partial charge on any atom is 0.163 e. The molecule has 0 saturated carbocycles. The van der Waals surface area contributed by atoms with Gasteiger partial charge in [0.1, 0.15) is 18.1 Å². The summed E-state index contributed by atoms with van der Waals surface area (Å²) in [5, 5.41) is 0.980. The van der Waals surface area contributed by atoms with Crippen LogP contribution in [0, 0.1) is 0 Å². The maximum absolute atomic E-state index is 11.5. The number of benzene rings is 1. The smallest absolute Gasteiger partial charge is 0.163 e. The standard InChI is InChI=1S/C13H14Cl2O3/c1-8(14)4-5-18-10-6-11(9(2)16)13(17-3)12(15)7-10/h4,6-7H,5H2,1-3H3/b8-4+. The summed E-state index contributed by atoms with van der Waals surface area (Å²) in [7, 11) is 1.47. The fourth-order valence-corrected chi connectivity index (χ4v) is 1.72. The van der Waals surface area contributed by atoms with E-state index in [0.29, 0.717) is 33.7 Å². The van der Waals surface area contributed by atoms with E-state index in [2.05, 4.69) is 0 Å². The molecule has 98 valence electrons. The Labute approximate surface area is 116 Å². The van der Waals surface area contributed by atoms with Gasteiger partial charge in [-0.25, -0.2) is 0 Å². The molecule has 0 amide bonds. The van der Waals surface area contributed by atoms with E-state index in [1.54, 1.807) is 25.1 Å². The molecule has 0 atom stereocenters. The molecule has 5 heteroatoms. The van der Waals surface area contributed by atoms with Gasteiger partial charge >= 0.3 is 0 Å². The minimum absolute atomic E-state index is 0.136. The first-order valence-corrected chi connectivity index (χ1v) is 6.04. The minimum atomic E-state index is -0.136.